The molecule has 2 rings (SSSR count). The molecule has 3 heteroatoms. The number of nitrogens with zero attached hydrogens (tertiary/aromatic N) is 1. The van der Waals surface area contributed by atoms with Crippen molar-refractivity contribution in [3.8, 4) is 0 Å². The summed E-state index contributed by atoms with van der Waals surface area (Å²) < 4.78 is 0. The number of allylic oxidation sites excluding steroid dienone is 1. The number of anilines is 1. The van der Waals surface area contributed by atoms with Gasteiger partial charge in [-0.2, -0.15) is 0 Å². The first-order valence-corrected chi connectivity index (χ1v) is 9.90. The molecule has 0 amide bonds. The van der Waals surface area contributed by atoms with Crippen LogP contribution in [0.5, 0.6) is 0 Å². The lowest BCUT2D eigenvalue weighted by Gasteiger charge is -2.13. The van der Waals surface area contributed by atoms with E-state index in [0.29, 0.717) is 0 Å². The number of benzene rings is 2. The number of aryl methyl sites for hydroxylation is 3. The highest BCUT2D eigenvalue weighted by atomic mass is 32.2. The van der Waals surface area contributed by atoms with E-state index in [1.807, 2.05) is 6.92 Å². The van der Waals surface area contributed by atoms with Gasteiger partial charge < -0.3 is 5.32 Å². The summed E-state index contributed by atoms with van der Waals surface area (Å²) in [5.74, 6) is 0.905. The normalized spacial score (nSPS) is 12.8. The lowest BCUT2D eigenvalue weighted by Crippen LogP contribution is -2.09. The number of aliphatic imine (C=N–C) groups is 1. The number of amidine groups is 1. The zero-order valence-corrected chi connectivity index (χ0v) is 16.9. The molecule has 0 aliphatic heterocycles. The third-order valence-electron chi connectivity index (χ3n) is 4.13. The van der Waals surface area contributed by atoms with Crippen LogP contribution in [0.4, 0.5) is 5.69 Å². The monoisotopic (exact) mass is 352 g/mol. The van der Waals surface area contributed by atoms with Crippen molar-refractivity contribution in [3.05, 3.63) is 69.6 Å². The summed E-state index contributed by atoms with van der Waals surface area (Å²) in [6, 6.07) is 15.0. The lowest BCUT2D eigenvalue weighted by molar-refractivity contribution is 1.19. The maximum absolute atomic E-state index is 4.94. The van der Waals surface area contributed by atoms with Crippen LogP contribution >= 0.6 is 11.8 Å². The first-order valence-electron chi connectivity index (χ1n) is 8.68. The van der Waals surface area contributed by atoms with Gasteiger partial charge in [0.1, 0.15) is 5.84 Å². The Morgan fingerprint density at radius 2 is 1.64 bits per heavy atom. The molecule has 0 fully saturated rings. The van der Waals surface area contributed by atoms with Gasteiger partial charge in [0.2, 0.25) is 0 Å². The molecule has 25 heavy (non-hydrogen) atoms. The highest BCUT2D eigenvalue weighted by Crippen LogP contribution is 2.29. The molecule has 0 aromatic heterocycles. The SMILES string of the molecule is CC/C(SC)=C(/N=C(C)Nc1ccc(C)cc1C)c1ccc(C)cc1. The van der Waals surface area contributed by atoms with E-state index in [-0.39, 0.29) is 0 Å². The summed E-state index contributed by atoms with van der Waals surface area (Å²) in [5.41, 5.74) is 7.10. The Morgan fingerprint density at radius 3 is 2.20 bits per heavy atom. The van der Waals surface area contributed by atoms with Crippen LogP contribution < -0.4 is 5.32 Å². The summed E-state index contributed by atoms with van der Waals surface area (Å²) in [6.07, 6.45) is 3.10. The Balaban J connectivity index is 2.39. The fourth-order valence-corrected chi connectivity index (χ4v) is 3.40. The largest absolute Gasteiger partial charge is 0.344 e. The fraction of sp³-hybridized carbons (Fsp3) is 0.318. The second-order valence-corrected chi connectivity index (χ2v) is 7.24. The minimum atomic E-state index is 0.905. The minimum Gasteiger partial charge on any atom is -0.344 e. The molecule has 2 nitrogen and oxygen atoms in total. The number of hydrogen-bond acceptors (Lipinski definition) is 2. The number of hydrogen-bond donors (Lipinski definition) is 1. The summed E-state index contributed by atoms with van der Waals surface area (Å²) in [6.45, 7) is 10.6. The average Bonchev–Trinajstić information content (AvgIpc) is 2.58. The molecule has 0 aliphatic rings. The van der Waals surface area contributed by atoms with Crippen LogP contribution in [-0.4, -0.2) is 12.1 Å². The molecule has 0 saturated heterocycles. The zero-order chi connectivity index (χ0) is 18.4. The van der Waals surface area contributed by atoms with Crippen LogP contribution in [0.25, 0.3) is 5.70 Å². The second kappa shape index (κ2) is 8.91. The summed E-state index contributed by atoms with van der Waals surface area (Å²) >= 11 is 1.78. The summed E-state index contributed by atoms with van der Waals surface area (Å²) in [4.78, 5) is 6.24. The van der Waals surface area contributed by atoms with Gasteiger partial charge in [-0.05, 0) is 52.0 Å². The molecule has 1 N–H and O–H groups in total. The van der Waals surface area contributed by atoms with E-state index in [9.17, 15) is 0 Å². The van der Waals surface area contributed by atoms with Crippen LogP contribution in [-0.2, 0) is 0 Å². The van der Waals surface area contributed by atoms with Gasteiger partial charge in [-0.3, -0.25) is 0 Å². The van der Waals surface area contributed by atoms with Crippen molar-refractivity contribution in [3.63, 3.8) is 0 Å². The molecule has 0 saturated carbocycles. The van der Waals surface area contributed by atoms with Crippen molar-refractivity contribution in [1.82, 2.24) is 0 Å². The summed E-state index contributed by atoms with van der Waals surface area (Å²) in [7, 11) is 0. The van der Waals surface area contributed by atoms with Gasteiger partial charge in [0.05, 0.1) is 5.70 Å². The molecule has 0 radical (unpaired) electrons. The lowest BCUT2D eigenvalue weighted by atomic mass is 10.1. The maximum atomic E-state index is 4.94. The van der Waals surface area contributed by atoms with Gasteiger partial charge in [-0.25, -0.2) is 4.99 Å². The molecule has 0 spiro atoms. The quantitative estimate of drug-likeness (QED) is 0.485. The van der Waals surface area contributed by atoms with E-state index in [1.54, 1.807) is 11.8 Å². The third-order valence-corrected chi connectivity index (χ3v) is 5.11. The van der Waals surface area contributed by atoms with E-state index in [4.69, 9.17) is 4.99 Å². The highest BCUT2D eigenvalue weighted by Gasteiger charge is 2.08. The van der Waals surface area contributed by atoms with Gasteiger partial charge in [0.25, 0.3) is 0 Å². The molecular formula is C22H28N2S. The van der Waals surface area contributed by atoms with Crippen LogP contribution in [0.2, 0.25) is 0 Å². The van der Waals surface area contributed by atoms with Gasteiger partial charge in [-0.15, -0.1) is 11.8 Å². The smallest absolute Gasteiger partial charge is 0.103 e. The van der Waals surface area contributed by atoms with E-state index in [0.717, 1.165) is 23.6 Å². The molecule has 0 aliphatic carbocycles. The predicted octanol–water partition coefficient (Wildman–Crippen LogP) is 6.58. The molecule has 0 unspecified atom stereocenters. The topological polar surface area (TPSA) is 24.4 Å². The fourth-order valence-electron chi connectivity index (χ4n) is 2.75. The van der Waals surface area contributed by atoms with Crippen molar-refractivity contribution in [2.45, 2.75) is 41.0 Å². The Kier molecular flexibility index (Phi) is 6.89. The first kappa shape index (κ1) is 19.3. The van der Waals surface area contributed by atoms with Crippen LogP contribution in [0.3, 0.4) is 0 Å². The molecule has 0 atom stereocenters. The van der Waals surface area contributed by atoms with E-state index in [1.165, 1.54) is 27.2 Å². The van der Waals surface area contributed by atoms with Crippen molar-refractivity contribution in [2.75, 3.05) is 11.6 Å². The third kappa shape index (κ3) is 5.23. The summed E-state index contributed by atoms with van der Waals surface area (Å²) in [5, 5.41) is 3.46. The average molecular weight is 353 g/mol. The van der Waals surface area contributed by atoms with Crippen molar-refractivity contribution < 1.29 is 0 Å². The Morgan fingerprint density at radius 1 is 1.00 bits per heavy atom. The Hall–Kier alpha value is -2.00. The van der Waals surface area contributed by atoms with E-state index < -0.39 is 0 Å². The first-order chi connectivity index (χ1) is 11.9. The molecule has 0 heterocycles. The predicted molar refractivity (Wildman–Crippen MR) is 115 cm³/mol. The Bertz CT molecular complexity index is 780. The van der Waals surface area contributed by atoms with Gasteiger partial charge >= 0.3 is 0 Å². The van der Waals surface area contributed by atoms with Gasteiger partial charge in [0, 0.05) is 16.2 Å². The van der Waals surface area contributed by atoms with Crippen molar-refractivity contribution in [1.29, 1.82) is 0 Å². The Labute approximate surface area is 156 Å². The van der Waals surface area contributed by atoms with Crippen molar-refractivity contribution >= 4 is 29.0 Å². The molecule has 2 aromatic rings. The number of thioether (sulfide) groups is 1. The number of nitrogens with one attached hydrogen (secondary N) is 1. The number of rotatable bonds is 5. The maximum Gasteiger partial charge on any atom is 0.103 e. The zero-order valence-electron chi connectivity index (χ0n) is 16.1. The van der Waals surface area contributed by atoms with Crippen LogP contribution in [0.1, 0.15) is 42.5 Å². The van der Waals surface area contributed by atoms with Gasteiger partial charge in [-0.1, -0.05) is 54.4 Å². The second-order valence-electron chi connectivity index (χ2n) is 6.34. The van der Waals surface area contributed by atoms with Crippen LogP contribution in [0.15, 0.2) is 52.4 Å². The molecule has 132 valence electrons. The van der Waals surface area contributed by atoms with E-state index >= 15 is 0 Å². The minimum absolute atomic E-state index is 0.905. The highest BCUT2D eigenvalue weighted by molar-refractivity contribution is 8.02. The molecular weight excluding hydrogens is 324 g/mol. The molecule has 2 aromatic carbocycles. The molecule has 0 bridgehead atoms. The van der Waals surface area contributed by atoms with Crippen LogP contribution in [0, 0.1) is 20.8 Å². The van der Waals surface area contributed by atoms with Gasteiger partial charge in [0.15, 0.2) is 0 Å². The van der Waals surface area contributed by atoms with E-state index in [2.05, 4.69) is 81.7 Å². The standard InChI is InChI=1S/C22H28N2S/c1-7-21(25-6)22(19-11-8-15(2)9-12-19)24-18(5)23-20-13-10-16(3)14-17(20)4/h8-14H,7H2,1-6H3,(H,23,24)/b22-21-. The van der Waals surface area contributed by atoms with Crippen molar-refractivity contribution in [2.24, 2.45) is 4.99 Å².